The first-order chi connectivity index (χ1) is 15.9. The quantitative estimate of drug-likeness (QED) is 0.316. The zero-order valence-electron chi connectivity index (χ0n) is 17.6. The van der Waals surface area contributed by atoms with Crippen LogP contribution in [0.15, 0.2) is 40.7 Å². The molecule has 33 heavy (non-hydrogen) atoms. The Morgan fingerprint density at radius 1 is 1.27 bits per heavy atom. The molecule has 0 bridgehead atoms. The van der Waals surface area contributed by atoms with Crippen LogP contribution in [-0.2, 0) is 17.8 Å². The molecule has 0 unspecified atom stereocenters. The average Bonchev–Trinajstić information content (AvgIpc) is 3.42. The maximum Gasteiger partial charge on any atom is 0.275 e. The second-order valence-corrected chi connectivity index (χ2v) is 8.96. The van der Waals surface area contributed by atoms with Gasteiger partial charge in [0.2, 0.25) is 10.1 Å². The summed E-state index contributed by atoms with van der Waals surface area (Å²) in [6.07, 6.45) is 2.19. The predicted octanol–water partition coefficient (Wildman–Crippen LogP) is 3.00. The average molecular weight is 480 g/mol. The number of fused-ring (bicyclic) bond motifs is 1. The van der Waals surface area contributed by atoms with Gasteiger partial charge in [-0.2, -0.15) is 14.9 Å². The van der Waals surface area contributed by atoms with Crippen LogP contribution in [0.2, 0.25) is 0 Å². The number of nitrogens with zero attached hydrogens (tertiary/aromatic N) is 6. The van der Waals surface area contributed by atoms with E-state index in [4.69, 9.17) is 4.74 Å². The number of hydrogen-bond acceptors (Lipinski definition) is 10. The molecule has 12 heteroatoms. The third-order valence-electron chi connectivity index (χ3n) is 4.33. The number of nitrogens with one attached hydrogen (secondary N) is 1. The second kappa shape index (κ2) is 9.68. The lowest BCUT2D eigenvalue weighted by Crippen LogP contribution is -2.16. The van der Waals surface area contributed by atoms with Gasteiger partial charge in [-0.15, -0.1) is 10.2 Å². The lowest BCUT2D eigenvalue weighted by Gasteiger charge is -2.06. The van der Waals surface area contributed by atoms with Crippen LogP contribution < -0.4 is 15.6 Å². The molecule has 4 rings (SSSR count). The molecule has 0 fully saturated rings. The molecule has 4 aromatic rings. The molecule has 1 N–H and O–H groups in total. The molecule has 0 aliphatic rings. The number of hydrogen-bond donors (Lipinski definition) is 1. The number of carbonyl (C=O) groups is 1. The van der Waals surface area contributed by atoms with E-state index in [-0.39, 0.29) is 17.7 Å². The van der Waals surface area contributed by atoms with Gasteiger partial charge in [0, 0.05) is 6.07 Å². The highest BCUT2D eigenvalue weighted by Crippen LogP contribution is 2.19. The van der Waals surface area contributed by atoms with Crippen molar-refractivity contribution < 1.29 is 9.53 Å². The minimum Gasteiger partial charge on any atom is -0.487 e. The number of nitriles is 1. The molecule has 0 saturated carbocycles. The minimum absolute atomic E-state index is 0.0604. The van der Waals surface area contributed by atoms with Gasteiger partial charge in [0.15, 0.2) is 0 Å². The molecule has 1 aromatic carbocycles. The lowest BCUT2D eigenvalue weighted by atomic mass is 10.1. The van der Waals surface area contributed by atoms with Crippen LogP contribution in [0.25, 0.3) is 11.0 Å². The summed E-state index contributed by atoms with van der Waals surface area (Å²) >= 11 is 2.60. The van der Waals surface area contributed by atoms with E-state index in [2.05, 4.69) is 25.6 Å². The molecule has 0 radical (unpaired) electrons. The number of rotatable bonds is 7. The fourth-order valence-electron chi connectivity index (χ4n) is 2.77. The van der Waals surface area contributed by atoms with Crippen molar-refractivity contribution in [3.05, 3.63) is 67.5 Å². The Morgan fingerprint density at radius 2 is 2.06 bits per heavy atom. The molecule has 0 aliphatic carbocycles. The molecule has 0 saturated heterocycles. The summed E-state index contributed by atoms with van der Waals surface area (Å²) in [7, 11) is 0. The third kappa shape index (κ3) is 5.28. The highest BCUT2D eigenvalue weighted by molar-refractivity contribution is 7.16. The van der Waals surface area contributed by atoms with Crippen molar-refractivity contribution in [2.75, 3.05) is 5.32 Å². The number of carbonyl (C=O) groups excluding carboxylic acids is 1. The molecular weight excluding hydrogens is 462 g/mol. The van der Waals surface area contributed by atoms with Gasteiger partial charge in [-0.3, -0.25) is 14.9 Å². The molecule has 1 amide bonds. The Hall–Kier alpha value is -3.95. The first-order valence-corrected chi connectivity index (χ1v) is 11.4. The van der Waals surface area contributed by atoms with Crippen molar-refractivity contribution >= 4 is 44.7 Å². The van der Waals surface area contributed by atoms with E-state index in [1.807, 2.05) is 19.9 Å². The van der Waals surface area contributed by atoms with Crippen molar-refractivity contribution in [3.63, 3.8) is 0 Å². The number of aromatic nitrogens is 5. The Morgan fingerprint density at radius 3 is 2.76 bits per heavy atom. The third-order valence-corrected chi connectivity index (χ3v) is 6.14. The fraction of sp³-hybridized carbons (Fsp3) is 0.190. The van der Waals surface area contributed by atoms with E-state index in [0.29, 0.717) is 27.1 Å². The summed E-state index contributed by atoms with van der Waals surface area (Å²) in [4.78, 5) is 29.4. The zero-order valence-corrected chi connectivity index (χ0v) is 19.2. The minimum atomic E-state index is -0.553. The van der Waals surface area contributed by atoms with Crippen molar-refractivity contribution in [1.82, 2.24) is 24.8 Å². The van der Waals surface area contributed by atoms with Crippen molar-refractivity contribution in [2.24, 2.45) is 0 Å². The fourth-order valence-corrected chi connectivity index (χ4v) is 4.21. The standard InChI is InChI=1S/C21H17N7O3S2/c1-3-17-25-26-20(33-17)24-19(30)14(10-22)8-13-4-6-16(7-5-13)31-11-15-9-18(29)28-21(23-15)32-12(2)27-28/h4-9H,3,11H2,1-2H3,(H,24,26,30). The zero-order chi connectivity index (χ0) is 23.4. The van der Waals surface area contributed by atoms with Gasteiger partial charge < -0.3 is 4.74 Å². The van der Waals surface area contributed by atoms with Gasteiger partial charge in [0.1, 0.15) is 34.0 Å². The van der Waals surface area contributed by atoms with Crippen LogP contribution in [0.4, 0.5) is 5.13 Å². The van der Waals surface area contributed by atoms with Gasteiger partial charge in [-0.25, -0.2) is 4.98 Å². The number of benzene rings is 1. The highest BCUT2D eigenvalue weighted by atomic mass is 32.1. The van der Waals surface area contributed by atoms with Crippen molar-refractivity contribution in [1.29, 1.82) is 5.26 Å². The summed E-state index contributed by atoms with van der Waals surface area (Å²) in [5.74, 6) is 0.00114. The lowest BCUT2D eigenvalue weighted by molar-refractivity contribution is -0.112. The van der Waals surface area contributed by atoms with E-state index in [1.165, 1.54) is 39.3 Å². The van der Waals surface area contributed by atoms with Crippen LogP contribution in [0, 0.1) is 18.3 Å². The number of anilines is 1. The van der Waals surface area contributed by atoms with Gasteiger partial charge in [0.25, 0.3) is 11.5 Å². The summed E-state index contributed by atoms with van der Waals surface area (Å²) in [5, 5.41) is 25.8. The molecule has 3 heterocycles. The summed E-state index contributed by atoms with van der Waals surface area (Å²) < 4.78 is 6.99. The molecule has 0 atom stereocenters. The maximum absolute atomic E-state index is 12.4. The SMILES string of the molecule is CCc1nnc(NC(=O)C(C#N)=Cc2ccc(OCc3cc(=O)n4nc(C)sc4n3)cc2)s1. The van der Waals surface area contributed by atoms with Crippen LogP contribution in [0.1, 0.15) is 28.2 Å². The number of aryl methyl sites for hydroxylation is 2. The van der Waals surface area contributed by atoms with E-state index in [1.54, 1.807) is 24.3 Å². The Balaban J connectivity index is 1.41. The normalized spacial score (nSPS) is 11.4. The molecule has 166 valence electrons. The van der Waals surface area contributed by atoms with Crippen LogP contribution in [0.3, 0.4) is 0 Å². The summed E-state index contributed by atoms with van der Waals surface area (Å²) in [5.41, 5.74) is 0.831. The van der Waals surface area contributed by atoms with E-state index >= 15 is 0 Å². The first kappa shape index (κ1) is 22.3. The Labute approximate surface area is 195 Å². The van der Waals surface area contributed by atoms with Gasteiger partial charge in [-0.05, 0) is 37.1 Å². The van der Waals surface area contributed by atoms with Gasteiger partial charge >= 0.3 is 0 Å². The van der Waals surface area contributed by atoms with Gasteiger partial charge in [-0.1, -0.05) is 41.7 Å². The van der Waals surface area contributed by atoms with Crippen LogP contribution >= 0.6 is 22.7 Å². The van der Waals surface area contributed by atoms with E-state index in [9.17, 15) is 14.9 Å². The smallest absolute Gasteiger partial charge is 0.275 e. The molecule has 0 spiro atoms. The molecule has 3 aromatic heterocycles. The number of amides is 1. The maximum atomic E-state index is 12.4. The second-order valence-electron chi connectivity index (χ2n) is 6.74. The van der Waals surface area contributed by atoms with Crippen LogP contribution in [0.5, 0.6) is 5.75 Å². The molecule has 0 aliphatic heterocycles. The first-order valence-electron chi connectivity index (χ1n) is 9.80. The van der Waals surface area contributed by atoms with E-state index < -0.39 is 5.91 Å². The van der Waals surface area contributed by atoms with Crippen LogP contribution in [-0.4, -0.2) is 30.7 Å². The van der Waals surface area contributed by atoms with Gasteiger partial charge in [0.05, 0.1) is 5.69 Å². The largest absolute Gasteiger partial charge is 0.487 e. The van der Waals surface area contributed by atoms with Crippen molar-refractivity contribution in [3.8, 4) is 11.8 Å². The Bertz CT molecular complexity index is 1450. The Kier molecular flexibility index (Phi) is 6.53. The monoisotopic (exact) mass is 479 g/mol. The van der Waals surface area contributed by atoms with E-state index in [0.717, 1.165) is 16.4 Å². The highest BCUT2D eigenvalue weighted by Gasteiger charge is 2.13. The van der Waals surface area contributed by atoms with Crippen molar-refractivity contribution in [2.45, 2.75) is 26.9 Å². The molecule has 10 nitrogen and oxygen atoms in total. The number of ether oxygens (including phenoxy) is 1. The summed E-state index contributed by atoms with van der Waals surface area (Å²) in [6, 6.07) is 10.2. The predicted molar refractivity (Wildman–Crippen MR) is 124 cm³/mol. The molecular formula is C21H17N7O3S2. The topological polar surface area (TPSA) is 135 Å². The summed E-state index contributed by atoms with van der Waals surface area (Å²) in [6.45, 7) is 3.87.